The molecule has 30 heavy (non-hydrogen) atoms. The predicted molar refractivity (Wildman–Crippen MR) is 108 cm³/mol. The number of pyridine rings is 1. The number of carbonyl (C=O) groups excluding carboxylic acids is 1. The number of rotatable bonds is 6. The van der Waals surface area contributed by atoms with Crippen molar-refractivity contribution < 1.29 is 27.8 Å². The molecule has 2 aromatic heterocycles. The maximum Gasteiger partial charge on any atom is 0.416 e. The summed E-state index contributed by atoms with van der Waals surface area (Å²) < 4.78 is 44.2. The van der Waals surface area contributed by atoms with E-state index in [1.807, 2.05) is 0 Å². The molecule has 4 nitrogen and oxygen atoms in total. The summed E-state index contributed by atoms with van der Waals surface area (Å²) in [4.78, 5) is 16.6. The first-order valence-corrected chi connectivity index (χ1v) is 9.87. The van der Waals surface area contributed by atoms with E-state index in [-0.39, 0.29) is 11.1 Å². The van der Waals surface area contributed by atoms with E-state index in [1.54, 1.807) is 23.6 Å². The van der Waals surface area contributed by atoms with Gasteiger partial charge < -0.3 is 9.84 Å². The minimum absolute atomic E-state index is 0.115. The summed E-state index contributed by atoms with van der Waals surface area (Å²) in [5.41, 5.74) is 0.0752. The van der Waals surface area contributed by atoms with Crippen molar-refractivity contribution in [2.45, 2.75) is 18.9 Å². The fourth-order valence-corrected chi connectivity index (χ4v) is 3.48. The van der Waals surface area contributed by atoms with Crippen molar-refractivity contribution in [3.8, 4) is 0 Å². The highest BCUT2D eigenvalue weighted by Gasteiger charge is 2.30. The molecule has 1 aromatic carbocycles. The lowest BCUT2D eigenvalue weighted by molar-refractivity contribution is -0.141. The van der Waals surface area contributed by atoms with E-state index in [0.717, 1.165) is 12.1 Å². The number of thiophene rings is 1. The Morgan fingerprint density at radius 3 is 2.70 bits per heavy atom. The van der Waals surface area contributed by atoms with Gasteiger partial charge in [-0.05, 0) is 41.3 Å². The van der Waals surface area contributed by atoms with Gasteiger partial charge in [-0.2, -0.15) is 13.2 Å². The Kier molecular flexibility index (Phi) is 6.91. The van der Waals surface area contributed by atoms with Gasteiger partial charge in [0.15, 0.2) is 0 Å². The van der Waals surface area contributed by atoms with Crippen LogP contribution in [0.25, 0.3) is 6.08 Å². The first kappa shape index (κ1) is 22.0. The Hall–Kier alpha value is -2.68. The number of aromatic nitrogens is 1. The number of aliphatic hydroxyl groups excluding tert-OH is 1. The molecule has 0 radical (unpaired) electrons. The van der Waals surface area contributed by atoms with E-state index in [9.17, 15) is 23.1 Å². The van der Waals surface area contributed by atoms with Gasteiger partial charge >= 0.3 is 12.1 Å². The Balaban J connectivity index is 1.84. The van der Waals surface area contributed by atoms with Gasteiger partial charge in [0.1, 0.15) is 17.0 Å². The monoisotopic (exact) mass is 453 g/mol. The Labute approximate surface area is 179 Å². The third-order valence-corrected chi connectivity index (χ3v) is 5.31. The topological polar surface area (TPSA) is 59.4 Å². The number of ether oxygens (including phenoxy) is 1. The second-order valence-electron chi connectivity index (χ2n) is 6.21. The Morgan fingerprint density at radius 2 is 2.07 bits per heavy atom. The fraction of sp³-hybridized carbons (Fsp3) is 0.143. The first-order valence-electron chi connectivity index (χ1n) is 8.61. The highest BCUT2D eigenvalue weighted by Crippen LogP contribution is 2.31. The van der Waals surface area contributed by atoms with Crippen molar-refractivity contribution in [2.75, 3.05) is 0 Å². The molecule has 9 heteroatoms. The van der Waals surface area contributed by atoms with Gasteiger partial charge in [-0.25, -0.2) is 4.79 Å². The minimum atomic E-state index is -4.50. The summed E-state index contributed by atoms with van der Waals surface area (Å²) in [6.45, 7) is -0.392. The molecule has 0 saturated heterocycles. The molecule has 156 valence electrons. The van der Waals surface area contributed by atoms with Crippen LogP contribution < -0.4 is 0 Å². The lowest BCUT2D eigenvalue weighted by Crippen LogP contribution is -2.15. The van der Waals surface area contributed by atoms with Crippen LogP contribution in [0.15, 0.2) is 65.8 Å². The predicted octanol–water partition coefficient (Wildman–Crippen LogP) is 5.68. The second kappa shape index (κ2) is 9.42. The number of carbonyl (C=O) groups is 1. The van der Waals surface area contributed by atoms with E-state index in [2.05, 4.69) is 4.98 Å². The van der Waals surface area contributed by atoms with Crippen LogP contribution in [0, 0.1) is 0 Å². The average molecular weight is 454 g/mol. The number of nitrogens with zero attached hydrogens (tertiary/aromatic N) is 1. The molecular formula is C21H15ClF3NO3S. The molecule has 0 fully saturated rings. The number of hydrogen-bond donors (Lipinski definition) is 1. The van der Waals surface area contributed by atoms with Crippen molar-refractivity contribution in [3.05, 3.63) is 92.4 Å². The smallest absolute Gasteiger partial charge is 0.416 e. The Bertz CT molecular complexity index is 1050. The summed E-state index contributed by atoms with van der Waals surface area (Å²) in [5, 5.41) is 12.4. The van der Waals surface area contributed by atoms with Crippen molar-refractivity contribution in [2.24, 2.45) is 0 Å². The van der Waals surface area contributed by atoms with Gasteiger partial charge in [0.2, 0.25) is 0 Å². The van der Waals surface area contributed by atoms with Crippen molar-refractivity contribution >= 4 is 35.0 Å². The van der Waals surface area contributed by atoms with Gasteiger partial charge in [0.05, 0.1) is 11.1 Å². The third-order valence-electron chi connectivity index (χ3n) is 4.11. The molecule has 3 aromatic rings. The number of aliphatic hydroxyl groups is 1. The summed E-state index contributed by atoms with van der Waals surface area (Å²) in [5.74, 6) is -0.883. The summed E-state index contributed by atoms with van der Waals surface area (Å²) in [7, 11) is 0. The van der Waals surface area contributed by atoms with E-state index < -0.39 is 30.4 Å². The van der Waals surface area contributed by atoms with Gasteiger partial charge in [0, 0.05) is 23.5 Å². The SMILES string of the molecule is O=C(OCc1cccc(C(F)(F)F)c1)C(=Cc1ccsc1Cl)C(O)c1cccnc1. The standard InChI is InChI=1S/C21H15ClF3NO3S/c22-19-14(6-8-30-19)10-17(18(27)15-4-2-7-26-11-15)20(28)29-12-13-3-1-5-16(9-13)21(23,24)25/h1-11,18,27H,12H2. The number of alkyl halides is 3. The van der Waals surface area contributed by atoms with Crippen LogP contribution in [0.4, 0.5) is 13.2 Å². The molecule has 0 aliphatic rings. The molecule has 1 N–H and O–H groups in total. The molecule has 0 saturated carbocycles. The van der Waals surface area contributed by atoms with Crippen LogP contribution in [-0.2, 0) is 22.3 Å². The van der Waals surface area contributed by atoms with Crippen LogP contribution in [-0.4, -0.2) is 16.1 Å². The first-order chi connectivity index (χ1) is 14.3. The summed E-state index contributed by atoms with van der Waals surface area (Å²) in [6.07, 6.45) is -1.55. The molecular weight excluding hydrogens is 439 g/mol. The van der Waals surface area contributed by atoms with Crippen LogP contribution >= 0.6 is 22.9 Å². The van der Waals surface area contributed by atoms with Crippen LogP contribution in [0.2, 0.25) is 4.34 Å². The number of hydrogen-bond acceptors (Lipinski definition) is 5. The summed E-state index contributed by atoms with van der Waals surface area (Å²) in [6, 6.07) is 9.34. The van der Waals surface area contributed by atoms with Crippen LogP contribution in [0.1, 0.15) is 28.4 Å². The zero-order valence-corrected chi connectivity index (χ0v) is 16.8. The second-order valence-corrected chi connectivity index (χ2v) is 7.73. The van der Waals surface area contributed by atoms with Gasteiger partial charge in [-0.15, -0.1) is 11.3 Å². The number of benzene rings is 1. The molecule has 2 heterocycles. The van der Waals surface area contributed by atoms with Gasteiger partial charge in [0.25, 0.3) is 0 Å². The van der Waals surface area contributed by atoms with E-state index >= 15 is 0 Å². The molecule has 1 atom stereocenters. The van der Waals surface area contributed by atoms with E-state index in [0.29, 0.717) is 15.5 Å². The van der Waals surface area contributed by atoms with Crippen molar-refractivity contribution in [1.82, 2.24) is 4.98 Å². The van der Waals surface area contributed by atoms with Crippen LogP contribution in [0.3, 0.4) is 0 Å². The minimum Gasteiger partial charge on any atom is -0.457 e. The maximum atomic E-state index is 12.9. The lowest BCUT2D eigenvalue weighted by atomic mass is 10.0. The molecule has 0 amide bonds. The molecule has 3 rings (SSSR count). The maximum absolute atomic E-state index is 12.9. The lowest BCUT2D eigenvalue weighted by Gasteiger charge is -2.15. The van der Waals surface area contributed by atoms with Crippen LogP contribution in [0.5, 0.6) is 0 Å². The Morgan fingerprint density at radius 1 is 1.27 bits per heavy atom. The molecule has 0 spiro atoms. The van der Waals surface area contributed by atoms with E-state index in [1.165, 1.54) is 41.9 Å². The summed E-state index contributed by atoms with van der Waals surface area (Å²) >= 11 is 7.34. The fourth-order valence-electron chi connectivity index (χ4n) is 2.61. The molecule has 0 aliphatic heterocycles. The highest BCUT2D eigenvalue weighted by atomic mass is 35.5. The zero-order valence-electron chi connectivity index (χ0n) is 15.3. The highest BCUT2D eigenvalue weighted by molar-refractivity contribution is 7.14. The largest absolute Gasteiger partial charge is 0.457 e. The zero-order chi connectivity index (χ0) is 21.7. The molecule has 0 aliphatic carbocycles. The van der Waals surface area contributed by atoms with Gasteiger partial charge in [-0.1, -0.05) is 29.8 Å². The van der Waals surface area contributed by atoms with Gasteiger partial charge in [-0.3, -0.25) is 4.98 Å². The average Bonchev–Trinajstić information content (AvgIpc) is 3.14. The number of esters is 1. The van der Waals surface area contributed by atoms with Crippen molar-refractivity contribution in [1.29, 1.82) is 0 Å². The third kappa shape index (κ3) is 5.47. The van der Waals surface area contributed by atoms with E-state index in [4.69, 9.17) is 16.3 Å². The number of halogens is 4. The molecule has 1 unspecified atom stereocenters. The quantitative estimate of drug-likeness (QED) is 0.385. The van der Waals surface area contributed by atoms with Crippen molar-refractivity contribution in [3.63, 3.8) is 0 Å². The molecule has 0 bridgehead atoms. The normalized spacial score (nSPS) is 13.2.